The maximum absolute atomic E-state index is 14.2. The summed E-state index contributed by atoms with van der Waals surface area (Å²) >= 11 is 0. The number of piperidine rings is 1. The molecule has 9 heteroatoms. The Balaban J connectivity index is 1.27. The number of nitrogens with zero attached hydrogens (tertiary/aromatic N) is 6. The Kier molecular flexibility index (Phi) is 5.50. The normalized spacial score (nSPS) is 18.1. The van der Waals surface area contributed by atoms with Crippen molar-refractivity contribution in [2.24, 2.45) is 0 Å². The summed E-state index contributed by atoms with van der Waals surface area (Å²) in [5.74, 6) is -0.242. The third kappa shape index (κ3) is 3.74. The third-order valence-electron chi connectivity index (χ3n) is 7.04. The zero-order valence-electron chi connectivity index (χ0n) is 19.2. The second-order valence-corrected chi connectivity index (χ2v) is 8.87. The number of hydrogen-bond acceptors (Lipinski definition) is 7. The first kappa shape index (κ1) is 21.2. The summed E-state index contributed by atoms with van der Waals surface area (Å²) in [6.45, 7) is 5.77. The fourth-order valence-electron chi connectivity index (χ4n) is 5.19. The summed E-state index contributed by atoms with van der Waals surface area (Å²) in [6.07, 6.45) is 9.75. The molecule has 0 N–H and O–H groups in total. The van der Waals surface area contributed by atoms with Crippen molar-refractivity contribution in [2.45, 2.75) is 18.9 Å². The number of anilines is 1. The molecular weight excluding hydrogens is 435 g/mol. The molecule has 6 rings (SSSR count). The summed E-state index contributed by atoms with van der Waals surface area (Å²) in [7, 11) is 1.46. The largest absolute Gasteiger partial charge is 0.494 e. The van der Waals surface area contributed by atoms with E-state index in [-0.39, 0.29) is 5.75 Å². The van der Waals surface area contributed by atoms with Gasteiger partial charge in [-0.25, -0.2) is 13.9 Å². The molecule has 2 fully saturated rings. The molecule has 8 nitrogen and oxygen atoms in total. The highest BCUT2D eigenvalue weighted by molar-refractivity contribution is 5.98. The molecule has 34 heavy (non-hydrogen) atoms. The van der Waals surface area contributed by atoms with Crippen LogP contribution in [0, 0.1) is 5.82 Å². The molecule has 0 radical (unpaired) electrons. The van der Waals surface area contributed by atoms with Gasteiger partial charge in [0.1, 0.15) is 0 Å². The van der Waals surface area contributed by atoms with E-state index >= 15 is 0 Å². The van der Waals surface area contributed by atoms with E-state index < -0.39 is 5.82 Å². The predicted octanol–water partition coefficient (Wildman–Crippen LogP) is 3.39. The SMILES string of the molecule is COc1cc2c(-c3cnn4cc(N5CCC(N6CCOCC6)CC5)cnc34)ccnc2cc1F. The van der Waals surface area contributed by atoms with Crippen LogP contribution in [0.25, 0.3) is 27.7 Å². The molecule has 2 saturated heterocycles. The predicted molar refractivity (Wildman–Crippen MR) is 128 cm³/mol. The zero-order valence-corrected chi connectivity index (χ0v) is 19.2. The lowest BCUT2D eigenvalue weighted by atomic mass is 10.0. The van der Waals surface area contributed by atoms with Crippen molar-refractivity contribution in [2.75, 3.05) is 51.4 Å². The number of rotatable bonds is 4. The van der Waals surface area contributed by atoms with Crippen molar-refractivity contribution >= 4 is 22.2 Å². The Morgan fingerprint density at radius 2 is 1.85 bits per heavy atom. The molecule has 3 aromatic heterocycles. The molecule has 0 bridgehead atoms. The quantitative estimate of drug-likeness (QED) is 0.461. The van der Waals surface area contributed by atoms with Crippen LogP contribution in [-0.2, 0) is 4.74 Å². The second kappa shape index (κ2) is 8.81. The van der Waals surface area contributed by atoms with Gasteiger partial charge >= 0.3 is 0 Å². The average molecular weight is 463 g/mol. The van der Waals surface area contributed by atoms with Crippen LogP contribution in [-0.4, -0.2) is 77.0 Å². The van der Waals surface area contributed by atoms with E-state index in [0.29, 0.717) is 11.6 Å². The van der Waals surface area contributed by atoms with Crippen LogP contribution in [0.3, 0.4) is 0 Å². The Morgan fingerprint density at radius 1 is 1.03 bits per heavy atom. The van der Waals surface area contributed by atoms with Gasteiger partial charge in [0.2, 0.25) is 0 Å². The van der Waals surface area contributed by atoms with Crippen molar-refractivity contribution in [1.82, 2.24) is 24.5 Å². The fraction of sp³-hybridized carbons (Fsp3) is 0.400. The number of benzene rings is 1. The lowest BCUT2D eigenvalue weighted by Crippen LogP contribution is -2.49. The molecule has 0 aliphatic carbocycles. The highest BCUT2D eigenvalue weighted by atomic mass is 19.1. The molecule has 4 aromatic rings. The topological polar surface area (TPSA) is 68.0 Å². The molecule has 1 aromatic carbocycles. The molecule has 2 aliphatic rings. The summed E-state index contributed by atoms with van der Waals surface area (Å²) in [5, 5.41) is 5.38. The number of methoxy groups -OCH3 is 1. The zero-order chi connectivity index (χ0) is 23.1. The van der Waals surface area contributed by atoms with Crippen LogP contribution in [0.1, 0.15) is 12.8 Å². The first-order valence-electron chi connectivity index (χ1n) is 11.7. The van der Waals surface area contributed by atoms with Gasteiger partial charge in [0.25, 0.3) is 0 Å². The number of morpholine rings is 1. The number of aromatic nitrogens is 4. The fourth-order valence-corrected chi connectivity index (χ4v) is 5.19. The molecule has 0 saturated carbocycles. The van der Waals surface area contributed by atoms with Gasteiger partial charge in [-0.2, -0.15) is 5.10 Å². The monoisotopic (exact) mass is 462 g/mol. The van der Waals surface area contributed by atoms with Crippen LogP contribution in [0.15, 0.2) is 43.0 Å². The van der Waals surface area contributed by atoms with Gasteiger partial charge in [0, 0.05) is 55.4 Å². The van der Waals surface area contributed by atoms with E-state index in [2.05, 4.69) is 19.9 Å². The van der Waals surface area contributed by atoms with Gasteiger partial charge in [-0.3, -0.25) is 9.88 Å². The van der Waals surface area contributed by atoms with E-state index in [1.807, 2.05) is 23.0 Å². The Hall–Kier alpha value is -3.30. The van der Waals surface area contributed by atoms with Gasteiger partial charge in [-0.1, -0.05) is 0 Å². The highest BCUT2D eigenvalue weighted by Crippen LogP contribution is 2.34. The van der Waals surface area contributed by atoms with E-state index in [1.54, 1.807) is 18.5 Å². The first-order chi connectivity index (χ1) is 16.7. The van der Waals surface area contributed by atoms with Gasteiger partial charge in [0.15, 0.2) is 17.2 Å². The van der Waals surface area contributed by atoms with E-state index in [4.69, 9.17) is 14.5 Å². The molecule has 2 aliphatic heterocycles. The minimum atomic E-state index is -0.431. The molecule has 0 atom stereocenters. The van der Waals surface area contributed by atoms with Gasteiger partial charge < -0.3 is 14.4 Å². The lowest BCUT2D eigenvalue weighted by Gasteiger charge is -2.40. The maximum atomic E-state index is 14.2. The molecule has 5 heterocycles. The van der Waals surface area contributed by atoms with Crippen molar-refractivity contribution in [3.05, 3.63) is 48.8 Å². The average Bonchev–Trinajstić information content (AvgIpc) is 3.31. The number of ether oxygens (including phenoxy) is 2. The van der Waals surface area contributed by atoms with E-state index in [9.17, 15) is 4.39 Å². The highest BCUT2D eigenvalue weighted by Gasteiger charge is 2.26. The third-order valence-corrected chi connectivity index (χ3v) is 7.04. The van der Waals surface area contributed by atoms with Crippen LogP contribution >= 0.6 is 0 Å². The smallest absolute Gasteiger partial charge is 0.167 e. The lowest BCUT2D eigenvalue weighted by molar-refractivity contribution is 0.0115. The Morgan fingerprint density at radius 3 is 2.65 bits per heavy atom. The van der Waals surface area contributed by atoms with Crippen LogP contribution in [0.4, 0.5) is 10.1 Å². The summed E-state index contributed by atoms with van der Waals surface area (Å²) in [6, 6.07) is 5.62. The number of pyridine rings is 1. The number of halogens is 1. The van der Waals surface area contributed by atoms with Gasteiger partial charge in [-0.05, 0) is 30.5 Å². The van der Waals surface area contributed by atoms with Crippen molar-refractivity contribution in [1.29, 1.82) is 0 Å². The minimum absolute atomic E-state index is 0.189. The first-order valence-corrected chi connectivity index (χ1v) is 11.7. The van der Waals surface area contributed by atoms with Crippen molar-refractivity contribution in [3.63, 3.8) is 0 Å². The number of hydrogen-bond donors (Lipinski definition) is 0. The molecule has 176 valence electrons. The van der Waals surface area contributed by atoms with Crippen LogP contribution < -0.4 is 9.64 Å². The minimum Gasteiger partial charge on any atom is -0.494 e. The second-order valence-electron chi connectivity index (χ2n) is 8.87. The summed E-state index contributed by atoms with van der Waals surface area (Å²) in [4.78, 5) is 14.1. The summed E-state index contributed by atoms with van der Waals surface area (Å²) < 4.78 is 26.7. The summed E-state index contributed by atoms with van der Waals surface area (Å²) in [5.41, 5.74) is 4.16. The number of fused-ring (bicyclic) bond motifs is 2. The van der Waals surface area contributed by atoms with Gasteiger partial charge in [-0.15, -0.1) is 0 Å². The van der Waals surface area contributed by atoms with Crippen molar-refractivity contribution in [3.8, 4) is 16.9 Å². The van der Waals surface area contributed by atoms with Crippen molar-refractivity contribution < 1.29 is 13.9 Å². The van der Waals surface area contributed by atoms with Crippen LogP contribution in [0.2, 0.25) is 0 Å². The van der Waals surface area contributed by atoms with E-state index in [1.165, 1.54) is 13.2 Å². The van der Waals surface area contributed by atoms with Crippen LogP contribution in [0.5, 0.6) is 5.75 Å². The molecular formula is C25H27FN6O2. The Bertz CT molecular complexity index is 1330. The van der Waals surface area contributed by atoms with Gasteiger partial charge in [0.05, 0.1) is 50.1 Å². The van der Waals surface area contributed by atoms with E-state index in [0.717, 1.165) is 80.1 Å². The maximum Gasteiger partial charge on any atom is 0.167 e. The molecule has 0 spiro atoms. The molecule has 0 amide bonds. The molecule has 0 unspecified atom stereocenters. The standard InChI is InChI=1S/C25H27FN6O2/c1-33-24-12-20-19(2-5-27-23(20)13-22(24)26)21-15-29-32-16-18(14-28-25(21)32)30-6-3-17(4-7-30)31-8-10-34-11-9-31/h2,5,12-17H,3-4,6-11H2,1H3. The Labute approximate surface area is 196 Å².